The van der Waals surface area contributed by atoms with Gasteiger partial charge < -0.3 is 25.8 Å². The fraction of sp³-hybridized carbons (Fsp3) is 0.296. The summed E-state index contributed by atoms with van der Waals surface area (Å²) in [7, 11) is 0. The van der Waals surface area contributed by atoms with Crippen LogP contribution in [0.15, 0.2) is 54.9 Å². The van der Waals surface area contributed by atoms with Crippen LogP contribution < -0.4 is 16.0 Å². The van der Waals surface area contributed by atoms with Crippen LogP contribution in [-0.2, 0) is 19.1 Å². The van der Waals surface area contributed by atoms with E-state index in [1.807, 2.05) is 0 Å². The van der Waals surface area contributed by atoms with E-state index < -0.39 is 29.7 Å². The van der Waals surface area contributed by atoms with Crippen LogP contribution in [0.25, 0.3) is 11.8 Å². The molecule has 0 radical (unpaired) electrons. The van der Waals surface area contributed by atoms with Crippen LogP contribution >= 0.6 is 11.6 Å². The van der Waals surface area contributed by atoms with Crippen molar-refractivity contribution < 1.29 is 29.0 Å². The Balaban J connectivity index is 1.43. The molecular formula is C27H29ClN8O6. The second-order valence-corrected chi connectivity index (χ2v) is 9.67. The number of carboxylic acid groups (broad SMARTS) is 1. The SMILES string of the molecule is O=C(/C=C/c1cc(Cl)ccc1-n1cnnn1)N[C@@H](CC(=O)NCCN1CCOCC1)C(=O)Nc1ccc(C(=O)O)cc1. The number of hydrogen-bond acceptors (Lipinski definition) is 9. The molecular weight excluding hydrogens is 568 g/mol. The van der Waals surface area contributed by atoms with E-state index >= 15 is 0 Å². The van der Waals surface area contributed by atoms with Gasteiger partial charge in [-0.05, 0) is 59.0 Å². The fourth-order valence-electron chi connectivity index (χ4n) is 4.10. The molecule has 0 aliphatic carbocycles. The highest BCUT2D eigenvalue weighted by atomic mass is 35.5. The highest BCUT2D eigenvalue weighted by molar-refractivity contribution is 6.30. The van der Waals surface area contributed by atoms with Crippen LogP contribution in [-0.4, -0.2) is 99.3 Å². The molecule has 220 valence electrons. The zero-order chi connectivity index (χ0) is 29.9. The van der Waals surface area contributed by atoms with Gasteiger partial charge in [-0.15, -0.1) is 5.10 Å². The van der Waals surface area contributed by atoms with Crippen molar-refractivity contribution in [3.05, 3.63) is 71.0 Å². The molecule has 1 saturated heterocycles. The third-order valence-electron chi connectivity index (χ3n) is 6.28. The molecule has 1 atom stereocenters. The topological polar surface area (TPSA) is 181 Å². The average Bonchev–Trinajstić information content (AvgIpc) is 3.51. The lowest BCUT2D eigenvalue weighted by atomic mass is 10.1. The van der Waals surface area contributed by atoms with Crippen LogP contribution in [0.2, 0.25) is 5.02 Å². The molecule has 1 aliphatic heterocycles. The number of tetrazole rings is 1. The minimum Gasteiger partial charge on any atom is -0.478 e. The Bertz CT molecular complexity index is 1420. The van der Waals surface area contributed by atoms with Gasteiger partial charge in [-0.1, -0.05) is 11.6 Å². The summed E-state index contributed by atoms with van der Waals surface area (Å²) in [4.78, 5) is 52.1. The van der Waals surface area contributed by atoms with Gasteiger partial charge in [0.2, 0.25) is 17.7 Å². The van der Waals surface area contributed by atoms with E-state index in [0.29, 0.717) is 48.3 Å². The lowest BCUT2D eigenvalue weighted by Crippen LogP contribution is -2.47. The molecule has 0 saturated carbocycles. The monoisotopic (exact) mass is 596 g/mol. The van der Waals surface area contributed by atoms with Gasteiger partial charge in [0, 0.05) is 48.5 Å². The minimum atomic E-state index is -1.23. The molecule has 2 heterocycles. The highest BCUT2D eigenvalue weighted by Crippen LogP contribution is 2.20. The number of carboxylic acids is 1. The third-order valence-corrected chi connectivity index (χ3v) is 6.51. The van der Waals surface area contributed by atoms with Gasteiger partial charge in [0.25, 0.3) is 0 Å². The van der Waals surface area contributed by atoms with Crippen LogP contribution in [0.3, 0.4) is 0 Å². The Morgan fingerprint density at radius 1 is 1.10 bits per heavy atom. The second kappa shape index (κ2) is 14.8. The normalized spacial score (nSPS) is 14.3. The molecule has 0 unspecified atom stereocenters. The number of hydrogen-bond donors (Lipinski definition) is 4. The van der Waals surface area contributed by atoms with Crippen molar-refractivity contribution in [2.75, 3.05) is 44.7 Å². The maximum absolute atomic E-state index is 13.1. The van der Waals surface area contributed by atoms with Gasteiger partial charge in [0.1, 0.15) is 12.4 Å². The van der Waals surface area contributed by atoms with Gasteiger partial charge in [-0.2, -0.15) is 4.68 Å². The number of aromatic carboxylic acids is 1. The average molecular weight is 597 g/mol. The molecule has 15 heteroatoms. The van der Waals surface area contributed by atoms with E-state index in [2.05, 4.69) is 36.4 Å². The van der Waals surface area contributed by atoms with Crippen molar-refractivity contribution >= 4 is 47.1 Å². The van der Waals surface area contributed by atoms with Crippen LogP contribution in [0.5, 0.6) is 0 Å². The molecule has 4 rings (SSSR count). The fourth-order valence-corrected chi connectivity index (χ4v) is 4.28. The maximum Gasteiger partial charge on any atom is 0.335 e. The number of halogens is 1. The van der Waals surface area contributed by atoms with Crippen molar-refractivity contribution in [3.63, 3.8) is 0 Å². The molecule has 1 aromatic heterocycles. The molecule has 4 N–H and O–H groups in total. The molecule has 1 fully saturated rings. The van der Waals surface area contributed by atoms with Crippen molar-refractivity contribution in [2.24, 2.45) is 0 Å². The smallest absolute Gasteiger partial charge is 0.335 e. The number of morpholine rings is 1. The lowest BCUT2D eigenvalue weighted by Gasteiger charge is -2.26. The van der Waals surface area contributed by atoms with Crippen molar-refractivity contribution in [1.29, 1.82) is 0 Å². The number of benzene rings is 2. The number of nitrogens with one attached hydrogen (secondary N) is 3. The first kappa shape index (κ1) is 30.3. The Morgan fingerprint density at radius 3 is 2.55 bits per heavy atom. The predicted molar refractivity (Wildman–Crippen MR) is 152 cm³/mol. The van der Waals surface area contributed by atoms with Gasteiger partial charge in [-0.25, -0.2) is 4.79 Å². The maximum atomic E-state index is 13.1. The molecule has 2 aromatic carbocycles. The number of ether oxygens (including phenoxy) is 1. The summed E-state index contributed by atoms with van der Waals surface area (Å²) in [6, 6.07) is 9.22. The van der Waals surface area contributed by atoms with E-state index in [9.17, 15) is 19.2 Å². The first-order chi connectivity index (χ1) is 20.3. The Morgan fingerprint density at radius 2 is 1.86 bits per heavy atom. The lowest BCUT2D eigenvalue weighted by molar-refractivity contribution is -0.128. The van der Waals surface area contributed by atoms with Crippen LogP contribution in [0.4, 0.5) is 5.69 Å². The molecule has 3 aromatic rings. The van der Waals surface area contributed by atoms with Gasteiger partial charge in [0.15, 0.2) is 0 Å². The molecule has 3 amide bonds. The van der Waals surface area contributed by atoms with E-state index in [0.717, 1.165) is 13.1 Å². The van der Waals surface area contributed by atoms with Crippen molar-refractivity contribution in [2.45, 2.75) is 12.5 Å². The van der Waals surface area contributed by atoms with E-state index in [4.69, 9.17) is 21.4 Å². The number of carbonyl (C=O) groups is 4. The number of nitrogens with zero attached hydrogens (tertiary/aromatic N) is 5. The van der Waals surface area contributed by atoms with E-state index in [1.54, 1.807) is 18.2 Å². The number of rotatable bonds is 12. The molecule has 14 nitrogen and oxygen atoms in total. The zero-order valence-electron chi connectivity index (χ0n) is 22.4. The summed E-state index contributed by atoms with van der Waals surface area (Å²) in [5.41, 5.74) is 1.44. The van der Waals surface area contributed by atoms with E-state index in [-0.39, 0.29) is 12.0 Å². The summed E-state index contributed by atoms with van der Waals surface area (Å²) in [6.45, 7) is 3.80. The Labute approximate surface area is 245 Å². The Hall–Kier alpha value is -4.66. The van der Waals surface area contributed by atoms with Crippen LogP contribution in [0.1, 0.15) is 22.3 Å². The summed E-state index contributed by atoms with van der Waals surface area (Å²) >= 11 is 6.14. The highest BCUT2D eigenvalue weighted by Gasteiger charge is 2.24. The number of amides is 3. The largest absolute Gasteiger partial charge is 0.478 e. The van der Waals surface area contributed by atoms with Crippen LogP contribution in [0, 0.1) is 0 Å². The minimum absolute atomic E-state index is 0.0460. The zero-order valence-corrected chi connectivity index (χ0v) is 23.2. The third kappa shape index (κ3) is 8.92. The summed E-state index contributed by atoms with van der Waals surface area (Å²) in [6.07, 6.45) is 3.76. The molecule has 0 bridgehead atoms. The Kier molecular flexibility index (Phi) is 10.7. The second-order valence-electron chi connectivity index (χ2n) is 9.23. The number of anilines is 1. The first-order valence-electron chi connectivity index (χ1n) is 13.0. The molecule has 0 spiro atoms. The number of aromatic nitrogens is 4. The van der Waals surface area contributed by atoms with Crippen molar-refractivity contribution in [1.82, 2.24) is 35.7 Å². The van der Waals surface area contributed by atoms with Gasteiger partial charge in [0.05, 0.1) is 30.9 Å². The van der Waals surface area contributed by atoms with Gasteiger partial charge in [-0.3, -0.25) is 19.3 Å². The van der Waals surface area contributed by atoms with Crippen molar-refractivity contribution in [3.8, 4) is 5.69 Å². The number of carbonyl (C=O) groups excluding carboxylic acids is 3. The summed E-state index contributed by atoms with van der Waals surface area (Å²) in [5.74, 6) is -2.83. The van der Waals surface area contributed by atoms with Gasteiger partial charge >= 0.3 is 5.97 Å². The summed E-state index contributed by atoms with van der Waals surface area (Å²) < 4.78 is 6.73. The molecule has 42 heavy (non-hydrogen) atoms. The molecule has 1 aliphatic rings. The first-order valence-corrected chi connectivity index (χ1v) is 13.4. The quantitative estimate of drug-likeness (QED) is 0.220. The van der Waals surface area contributed by atoms with E-state index in [1.165, 1.54) is 47.4 Å². The summed E-state index contributed by atoms with van der Waals surface area (Å²) in [5, 5.41) is 28.6. The predicted octanol–water partition coefficient (Wildman–Crippen LogP) is 0.989. The standard InChI is InChI=1S/C27H29ClN8O6/c28-20-4-7-23(36-17-30-33-34-36)19(15-20)3-8-24(37)32-22(16-25(38)29-9-10-35-11-13-42-14-12-35)26(39)31-21-5-1-18(2-6-21)27(40)41/h1-8,15,17,22H,9-14,16H2,(H,29,38)(H,31,39)(H,32,37)(H,40,41)/b8-3+/t22-/m0/s1.